The highest BCUT2D eigenvalue weighted by molar-refractivity contribution is 5.47. The summed E-state index contributed by atoms with van der Waals surface area (Å²) in [6.45, 7) is 6.79. The molecule has 0 bridgehead atoms. The van der Waals surface area contributed by atoms with E-state index in [-0.39, 0.29) is 5.60 Å². The maximum Gasteiger partial charge on any atom is 0.124 e. The molecule has 0 aliphatic carbocycles. The zero-order chi connectivity index (χ0) is 17.4. The van der Waals surface area contributed by atoms with Crippen LogP contribution in [0.4, 0.5) is 0 Å². The van der Waals surface area contributed by atoms with Crippen molar-refractivity contribution < 1.29 is 9.84 Å². The van der Waals surface area contributed by atoms with E-state index in [1.807, 2.05) is 12.1 Å². The summed E-state index contributed by atoms with van der Waals surface area (Å²) in [5.41, 5.74) is 1.20. The van der Waals surface area contributed by atoms with Crippen molar-refractivity contribution in [1.29, 1.82) is 0 Å². The van der Waals surface area contributed by atoms with Crippen LogP contribution in [0.25, 0.3) is 0 Å². The molecule has 0 saturated carbocycles. The van der Waals surface area contributed by atoms with Crippen LogP contribution in [0.15, 0.2) is 18.2 Å². The largest absolute Gasteiger partial charge is 0.508 e. The van der Waals surface area contributed by atoms with Gasteiger partial charge in [-0.2, -0.15) is 0 Å². The van der Waals surface area contributed by atoms with Crippen LogP contribution in [0.3, 0.4) is 0 Å². The van der Waals surface area contributed by atoms with Crippen molar-refractivity contribution in [2.45, 2.75) is 103 Å². The number of fused-ring (bicyclic) bond motifs is 1. The molecule has 0 spiro atoms. The Labute approximate surface area is 148 Å². The highest BCUT2D eigenvalue weighted by atomic mass is 16.5. The molecular formula is C22H36O2. The number of rotatable bonds is 11. The molecule has 0 aromatic heterocycles. The molecule has 24 heavy (non-hydrogen) atoms. The van der Waals surface area contributed by atoms with Gasteiger partial charge in [-0.05, 0) is 50.3 Å². The van der Waals surface area contributed by atoms with Crippen molar-refractivity contribution in [1.82, 2.24) is 0 Å². The Bertz CT molecular complexity index is 485. The molecular weight excluding hydrogens is 296 g/mol. The van der Waals surface area contributed by atoms with Gasteiger partial charge in [0.2, 0.25) is 0 Å². The van der Waals surface area contributed by atoms with E-state index in [1.54, 1.807) is 6.07 Å². The number of hydrogen-bond donors (Lipinski definition) is 1. The van der Waals surface area contributed by atoms with Crippen LogP contribution in [0, 0.1) is 0 Å². The summed E-state index contributed by atoms with van der Waals surface area (Å²) in [5.74, 6) is 1.83. The third-order valence-corrected chi connectivity index (χ3v) is 5.57. The summed E-state index contributed by atoms with van der Waals surface area (Å²) >= 11 is 0. The van der Waals surface area contributed by atoms with Gasteiger partial charge < -0.3 is 9.84 Å². The monoisotopic (exact) mass is 332 g/mol. The van der Waals surface area contributed by atoms with E-state index in [0.717, 1.165) is 18.6 Å². The van der Waals surface area contributed by atoms with Gasteiger partial charge in [-0.3, -0.25) is 0 Å². The van der Waals surface area contributed by atoms with Gasteiger partial charge >= 0.3 is 0 Å². The van der Waals surface area contributed by atoms with Crippen LogP contribution in [-0.2, 0) is 0 Å². The second-order valence-electron chi connectivity index (χ2n) is 7.50. The highest BCUT2D eigenvalue weighted by Gasteiger charge is 2.46. The molecule has 1 unspecified atom stereocenters. The highest BCUT2D eigenvalue weighted by Crippen LogP contribution is 2.52. The summed E-state index contributed by atoms with van der Waals surface area (Å²) in [7, 11) is 0. The number of aromatic hydroxyl groups is 1. The van der Waals surface area contributed by atoms with E-state index in [4.69, 9.17) is 4.74 Å². The van der Waals surface area contributed by atoms with Gasteiger partial charge in [0.1, 0.15) is 17.1 Å². The minimum atomic E-state index is -0.0460. The molecule has 1 aliphatic heterocycles. The van der Waals surface area contributed by atoms with E-state index in [9.17, 15) is 5.11 Å². The third kappa shape index (κ3) is 4.46. The first kappa shape index (κ1) is 19.1. The van der Waals surface area contributed by atoms with E-state index in [2.05, 4.69) is 20.8 Å². The van der Waals surface area contributed by atoms with E-state index in [0.29, 0.717) is 11.7 Å². The summed E-state index contributed by atoms with van der Waals surface area (Å²) in [6.07, 6.45) is 13.4. The second kappa shape index (κ2) is 9.34. The molecule has 1 heterocycles. The molecule has 0 amide bonds. The smallest absolute Gasteiger partial charge is 0.124 e. The molecule has 1 aromatic rings. The van der Waals surface area contributed by atoms with Crippen LogP contribution in [0.2, 0.25) is 0 Å². The molecule has 0 saturated heterocycles. The van der Waals surface area contributed by atoms with E-state index < -0.39 is 0 Å². The number of benzene rings is 1. The first-order chi connectivity index (χ1) is 11.7. The maximum absolute atomic E-state index is 9.98. The van der Waals surface area contributed by atoms with Crippen LogP contribution >= 0.6 is 0 Å². The molecule has 2 nitrogen and oxygen atoms in total. The van der Waals surface area contributed by atoms with Gasteiger partial charge in [0.25, 0.3) is 0 Å². The van der Waals surface area contributed by atoms with E-state index >= 15 is 0 Å². The first-order valence-corrected chi connectivity index (χ1v) is 10.2. The fraction of sp³-hybridized carbons (Fsp3) is 0.727. The minimum absolute atomic E-state index is 0.0460. The molecule has 2 heteroatoms. The molecule has 0 fully saturated rings. The van der Waals surface area contributed by atoms with Crippen molar-refractivity contribution in [2.75, 3.05) is 0 Å². The average molecular weight is 333 g/mol. The predicted molar refractivity (Wildman–Crippen MR) is 102 cm³/mol. The van der Waals surface area contributed by atoms with Crippen molar-refractivity contribution in [3.8, 4) is 11.5 Å². The van der Waals surface area contributed by atoms with Gasteiger partial charge in [-0.25, -0.2) is 0 Å². The predicted octanol–water partition coefficient (Wildman–Crippen LogP) is 6.96. The Balaban J connectivity index is 2.27. The molecule has 136 valence electrons. The van der Waals surface area contributed by atoms with E-state index in [1.165, 1.54) is 63.4 Å². The lowest BCUT2D eigenvalue weighted by Crippen LogP contribution is -2.38. The Morgan fingerprint density at radius 1 is 0.917 bits per heavy atom. The van der Waals surface area contributed by atoms with Crippen LogP contribution < -0.4 is 4.74 Å². The number of unbranched alkanes of at least 4 members (excludes halogenated alkanes) is 5. The van der Waals surface area contributed by atoms with Crippen LogP contribution in [0.1, 0.15) is 103 Å². The lowest BCUT2D eigenvalue weighted by atomic mass is 9.75. The van der Waals surface area contributed by atoms with Crippen LogP contribution in [0.5, 0.6) is 11.5 Å². The SMILES string of the molecule is CCCCCC1(CCCCC)Oc2ccc(O)cc2C1CCCC. The zero-order valence-electron chi connectivity index (χ0n) is 15.9. The summed E-state index contributed by atoms with van der Waals surface area (Å²) in [6, 6.07) is 5.70. The third-order valence-electron chi connectivity index (χ3n) is 5.57. The number of phenols is 1. The first-order valence-electron chi connectivity index (χ1n) is 10.2. The van der Waals surface area contributed by atoms with Crippen LogP contribution in [-0.4, -0.2) is 10.7 Å². The Kier molecular flexibility index (Phi) is 7.45. The zero-order valence-corrected chi connectivity index (χ0v) is 15.9. The average Bonchev–Trinajstić information content (AvgIpc) is 2.86. The number of hydrogen-bond acceptors (Lipinski definition) is 2. The fourth-order valence-corrected chi connectivity index (χ4v) is 4.23. The topological polar surface area (TPSA) is 29.5 Å². The molecule has 2 rings (SSSR count). The lowest BCUT2D eigenvalue weighted by molar-refractivity contribution is 0.0401. The fourth-order valence-electron chi connectivity index (χ4n) is 4.23. The maximum atomic E-state index is 9.98. The van der Waals surface area contributed by atoms with Gasteiger partial charge in [-0.1, -0.05) is 59.3 Å². The Hall–Kier alpha value is -1.18. The molecule has 1 atom stereocenters. The normalized spacial score (nSPS) is 18.4. The number of phenolic OH excluding ortho intramolecular Hbond substituents is 1. The molecule has 0 radical (unpaired) electrons. The minimum Gasteiger partial charge on any atom is -0.508 e. The summed E-state index contributed by atoms with van der Waals surface area (Å²) in [5, 5.41) is 9.98. The Morgan fingerprint density at radius 3 is 2.12 bits per heavy atom. The van der Waals surface area contributed by atoms with Gasteiger partial charge in [-0.15, -0.1) is 0 Å². The van der Waals surface area contributed by atoms with Gasteiger partial charge in [0.05, 0.1) is 0 Å². The van der Waals surface area contributed by atoms with Crippen molar-refractivity contribution >= 4 is 0 Å². The van der Waals surface area contributed by atoms with Crippen molar-refractivity contribution in [2.24, 2.45) is 0 Å². The molecule has 1 aliphatic rings. The quantitative estimate of drug-likeness (QED) is 0.444. The van der Waals surface area contributed by atoms with Gasteiger partial charge in [0.15, 0.2) is 0 Å². The number of ether oxygens (including phenoxy) is 1. The summed E-state index contributed by atoms with van der Waals surface area (Å²) in [4.78, 5) is 0. The van der Waals surface area contributed by atoms with Gasteiger partial charge in [0, 0.05) is 11.5 Å². The molecule has 1 N–H and O–H groups in total. The standard InChI is InChI=1S/C22H36O2/c1-4-7-10-15-22(16-11-8-5-2)20(12-9-6-3)19-17-18(23)13-14-21(19)24-22/h13-14,17,20,23H,4-12,15-16H2,1-3H3. The second-order valence-corrected chi connectivity index (χ2v) is 7.50. The molecule has 1 aromatic carbocycles. The summed E-state index contributed by atoms with van der Waals surface area (Å²) < 4.78 is 6.64. The van der Waals surface area contributed by atoms with Crippen molar-refractivity contribution in [3.05, 3.63) is 23.8 Å². The lowest BCUT2D eigenvalue weighted by Gasteiger charge is -2.35. The Morgan fingerprint density at radius 2 is 1.54 bits per heavy atom. The van der Waals surface area contributed by atoms with Crippen molar-refractivity contribution in [3.63, 3.8) is 0 Å².